The highest BCUT2D eigenvalue weighted by Gasteiger charge is 2.08. The van der Waals surface area contributed by atoms with E-state index < -0.39 is 5.97 Å². The van der Waals surface area contributed by atoms with Crippen molar-refractivity contribution < 1.29 is 19.1 Å². The minimum atomic E-state index is -0.420. The van der Waals surface area contributed by atoms with Crippen molar-refractivity contribution in [2.45, 2.75) is 26.2 Å². The van der Waals surface area contributed by atoms with Crippen LogP contribution in [0.4, 0.5) is 5.69 Å². The lowest BCUT2D eigenvalue weighted by atomic mass is 10.1. The monoisotopic (exact) mass is 415 g/mol. The number of methoxy groups -OCH3 is 1. The molecular weight excluding hydrogens is 394 g/mol. The summed E-state index contributed by atoms with van der Waals surface area (Å²) < 4.78 is 4.62. The van der Waals surface area contributed by atoms with Gasteiger partial charge in [0.25, 0.3) is 0 Å². The van der Waals surface area contributed by atoms with Crippen LogP contribution in [-0.2, 0) is 14.3 Å². The number of ether oxygens (including phenoxy) is 1. The zero-order chi connectivity index (χ0) is 21.2. The van der Waals surface area contributed by atoms with Gasteiger partial charge in [-0.1, -0.05) is 29.8 Å². The largest absolute Gasteiger partial charge is 0.465 e. The topological polar surface area (TPSA) is 96.9 Å². The van der Waals surface area contributed by atoms with E-state index in [0.29, 0.717) is 28.3 Å². The maximum absolute atomic E-state index is 12.0. The first-order valence-corrected chi connectivity index (χ1v) is 9.33. The van der Waals surface area contributed by atoms with E-state index in [-0.39, 0.29) is 24.7 Å². The predicted octanol–water partition coefficient (Wildman–Crippen LogP) is 3.69. The Morgan fingerprint density at radius 1 is 1.07 bits per heavy atom. The summed E-state index contributed by atoms with van der Waals surface area (Å²) in [5.74, 6) is -0.895. The third kappa shape index (κ3) is 7.04. The van der Waals surface area contributed by atoms with Crippen molar-refractivity contribution in [2.24, 2.45) is 5.10 Å². The highest BCUT2D eigenvalue weighted by molar-refractivity contribution is 6.31. The molecule has 0 bridgehead atoms. The first-order valence-electron chi connectivity index (χ1n) is 8.96. The average molecular weight is 416 g/mol. The molecule has 2 amide bonds. The maximum atomic E-state index is 12.0. The highest BCUT2D eigenvalue weighted by atomic mass is 35.5. The number of carbonyl (C=O) groups is 3. The predicted molar refractivity (Wildman–Crippen MR) is 112 cm³/mol. The van der Waals surface area contributed by atoms with Gasteiger partial charge in [-0.3, -0.25) is 9.59 Å². The average Bonchev–Trinajstić information content (AvgIpc) is 2.71. The van der Waals surface area contributed by atoms with Crippen molar-refractivity contribution in [1.82, 2.24) is 5.43 Å². The van der Waals surface area contributed by atoms with Crippen LogP contribution in [0.25, 0.3) is 0 Å². The second kappa shape index (κ2) is 11.0. The first-order chi connectivity index (χ1) is 13.9. The van der Waals surface area contributed by atoms with Gasteiger partial charge in [0.1, 0.15) is 0 Å². The fourth-order valence-corrected chi connectivity index (χ4v) is 2.60. The lowest BCUT2D eigenvalue weighted by Gasteiger charge is -2.09. The molecule has 2 rings (SSSR count). The molecule has 0 unspecified atom stereocenters. The number of nitrogens with zero attached hydrogens (tertiary/aromatic N) is 1. The third-order valence-corrected chi connectivity index (χ3v) is 4.49. The molecule has 29 heavy (non-hydrogen) atoms. The molecule has 0 heterocycles. The van der Waals surface area contributed by atoms with Crippen LogP contribution in [0.15, 0.2) is 47.6 Å². The first kappa shape index (κ1) is 22.1. The molecule has 0 saturated heterocycles. The number of anilines is 1. The van der Waals surface area contributed by atoms with Gasteiger partial charge in [-0.25, -0.2) is 10.2 Å². The van der Waals surface area contributed by atoms with Crippen molar-refractivity contribution >= 4 is 41.3 Å². The van der Waals surface area contributed by atoms with Gasteiger partial charge in [0, 0.05) is 23.6 Å². The Labute approximate surface area is 174 Å². The molecule has 0 aliphatic rings. The minimum absolute atomic E-state index is 0.167. The molecule has 2 N–H and O–H groups in total. The molecule has 2 aromatic carbocycles. The standard InChI is InChI=1S/C21H22ClN3O4/c1-14-17(22)5-3-6-18(14)24-19(26)7-4-8-20(27)25-23-13-15-9-11-16(12-10-15)21(28)29-2/h3,5-6,9-13H,4,7-8H2,1-2H3,(H,24,26)(H,25,27). The van der Waals surface area contributed by atoms with Gasteiger partial charge in [-0.2, -0.15) is 5.10 Å². The van der Waals surface area contributed by atoms with Crippen LogP contribution in [0.5, 0.6) is 0 Å². The zero-order valence-corrected chi connectivity index (χ0v) is 17.0. The van der Waals surface area contributed by atoms with Crippen LogP contribution in [0.1, 0.15) is 40.7 Å². The van der Waals surface area contributed by atoms with Crippen LogP contribution in [0.3, 0.4) is 0 Å². The Hall–Kier alpha value is -3.19. The molecule has 7 nitrogen and oxygen atoms in total. The number of amides is 2. The Kier molecular flexibility index (Phi) is 8.36. The van der Waals surface area contributed by atoms with Gasteiger partial charge in [0.15, 0.2) is 0 Å². The smallest absolute Gasteiger partial charge is 0.337 e. The molecule has 0 atom stereocenters. The van der Waals surface area contributed by atoms with Crippen molar-refractivity contribution in [3.63, 3.8) is 0 Å². The number of benzene rings is 2. The van der Waals surface area contributed by atoms with E-state index in [9.17, 15) is 14.4 Å². The summed E-state index contributed by atoms with van der Waals surface area (Å²) in [6, 6.07) is 11.9. The van der Waals surface area contributed by atoms with Crippen molar-refractivity contribution in [3.8, 4) is 0 Å². The molecule has 0 radical (unpaired) electrons. The summed E-state index contributed by atoms with van der Waals surface area (Å²) in [4.78, 5) is 35.2. The Bertz CT molecular complexity index is 911. The number of esters is 1. The van der Waals surface area contributed by atoms with Crippen LogP contribution in [0.2, 0.25) is 5.02 Å². The van der Waals surface area contributed by atoms with Gasteiger partial charge in [-0.15, -0.1) is 0 Å². The summed E-state index contributed by atoms with van der Waals surface area (Å²) in [6.45, 7) is 1.83. The van der Waals surface area contributed by atoms with E-state index in [2.05, 4.69) is 20.6 Å². The summed E-state index contributed by atoms with van der Waals surface area (Å²) in [5.41, 5.74) is 5.02. The van der Waals surface area contributed by atoms with E-state index in [4.69, 9.17) is 11.6 Å². The summed E-state index contributed by atoms with van der Waals surface area (Å²) in [7, 11) is 1.31. The van der Waals surface area contributed by atoms with Gasteiger partial charge in [0.05, 0.1) is 18.9 Å². The Morgan fingerprint density at radius 2 is 1.76 bits per heavy atom. The number of hydrazone groups is 1. The lowest BCUT2D eigenvalue weighted by molar-refractivity contribution is -0.121. The fraction of sp³-hybridized carbons (Fsp3) is 0.238. The number of carbonyl (C=O) groups excluding carboxylic acids is 3. The van der Waals surface area contributed by atoms with Gasteiger partial charge < -0.3 is 10.1 Å². The normalized spacial score (nSPS) is 10.6. The molecule has 0 spiro atoms. The van der Waals surface area contributed by atoms with Crippen LogP contribution in [0, 0.1) is 6.92 Å². The second-order valence-electron chi connectivity index (χ2n) is 6.22. The molecule has 0 aromatic heterocycles. The molecule has 0 aliphatic heterocycles. The minimum Gasteiger partial charge on any atom is -0.465 e. The lowest BCUT2D eigenvalue weighted by Crippen LogP contribution is -2.18. The van der Waals surface area contributed by atoms with Crippen molar-refractivity contribution in [2.75, 3.05) is 12.4 Å². The van der Waals surface area contributed by atoms with Crippen LogP contribution in [-0.4, -0.2) is 31.1 Å². The summed E-state index contributed by atoms with van der Waals surface area (Å²) in [6.07, 6.45) is 2.23. The Morgan fingerprint density at radius 3 is 2.45 bits per heavy atom. The number of nitrogens with one attached hydrogen (secondary N) is 2. The number of halogens is 1. The van der Waals surface area contributed by atoms with E-state index in [1.165, 1.54) is 13.3 Å². The molecule has 0 fully saturated rings. The quantitative estimate of drug-likeness (QED) is 0.390. The third-order valence-electron chi connectivity index (χ3n) is 4.08. The fourth-order valence-electron chi connectivity index (χ4n) is 2.42. The van der Waals surface area contributed by atoms with Gasteiger partial charge >= 0.3 is 5.97 Å². The van der Waals surface area contributed by atoms with Crippen LogP contribution < -0.4 is 10.7 Å². The summed E-state index contributed by atoms with van der Waals surface area (Å²) >= 11 is 6.03. The molecular formula is C21H22ClN3O4. The van der Waals surface area contributed by atoms with E-state index in [1.807, 2.05) is 6.92 Å². The molecule has 152 valence electrons. The van der Waals surface area contributed by atoms with Crippen molar-refractivity contribution in [1.29, 1.82) is 0 Å². The second-order valence-corrected chi connectivity index (χ2v) is 6.63. The number of hydrogen-bond acceptors (Lipinski definition) is 5. The summed E-state index contributed by atoms with van der Waals surface area (Å²) in [5, 5.41) is 7.24. The maximum Gasteiger partial charge on any atom is 0.337 e. The molecule has 8 heteroatoms. The zero-order valence-electron chi connectivity index (χ0n) is 16.2. The van der Waals surface area contributed by atoms with Gasteiger partial charge in [0.2, 0.25) is 11.8 Å². The molecule has 2 aromatic rings. The molecule has 0 aliphatic carbocycles. The van der Waals surface area contributed by atoms with E-state index in [1.54, 1.807) is 42.5 Å². The van der Waals surface area contributed by atoms with Gasteiger partial charge in [-0.05, 0) is 48.7 Å². The number of rotatable bonds is 8. The number of hydrogen-bond donors (Lipinski definition) is 2. The Balaban J connectivity index is 1.71. The van der Waals surface area contributed by atoms with Crippen LogP contribution >= 0.6 is 11.6 Å². The highest BCUT2D eigenvalue weighted by Crippen LogP contribution is 2.23. The van der Waals surface area contributed by atoms with Crippen molar-refractivity contribution in [3.05, 3.63) is 64.2 Å². The SMILES string of the molecule is COC(=O)c1ccc(C=NNC(=O)CCCC(=O)Nc2cccc(Cl)c2C)cc1. The molecule has 0 saturated carbocycles. The van der Waals surface area contributed by atoms with E-state index in [0.717, 1.165) is 5.56 Å². The van der Waals surface area contributed by atoms with E-state index >= 15 is 0 Å².